The van der Waals surface area contributed by atoms with E-state index in [1.54, 1.807) is 21.3 Å². The molecule has 3 aromatic carbocycles. The Labute approximate surface area is 193 Å². The van der Waals surface area contributed by atoms with Crippen molar-refractivity contribution in [3.8, 4) is 34.2 Å². The first-order chi connectivity index (χ1) is 15.7. The van der Waals surface area contributed by atoms with Crippen molar-refractivity contribution in [1.82, 2.24) is 0 Å². The third-order valence-electron chi connectivity index (χ3n) is 4.85. The zero-order valence-corrected chi connectivity index (χ0v) is 18.9. The van der Waals surface area contributed by atoms with Crippen molar-refractivity contribution >= 4 is 10.9 Å². The molecule has 33 heavy (non-hydrogen) atoms. The van der Waals surface area contributed by atoms with Gasteiger partial charge in [0.25, 0.3) is 0 Å². The number of fused-ring (bicyclic) bond motifs is 1. The number of ether oxygens (including phenoxy) is 3. The molecular weight excluding hydrogens is 450 g/mol. The first kappa shape index (κ1) is 24.2. The largest absolute Gasteiger partial charge is 0.497 e. The van der Waals surface area contributed by atoms with Gasteiger partial charge in [-0.25, -0.2) is 18.6 Å². The summed E-state index contributed by atoms with van der Waals surface area (Å²) in [6.45, 7) is 0. The number of rotatable bonds is 5. The van der Waals surface area contributed by atoms with Crippen LogP contribution in [0.4, 0.5) is 0 Å². The summed E-state index contributed by atoms with van der Waals surface area (Å²) in [4.78, 5) is 0. The topological polar surface area (TPSA) is 124 Å². The van der Waals surface area contributed by atoms with E-state index in [9.17, 15) is 0 Å². The maximum absolute atomic E-state index is 8.49. The van der Waals surface area contributed by atoms with Gasteiger partial charge in [-0.1, -0.05) is 0 Å². The van der Waals surface area contributed by atoms with Crippen LogP contribution in [-0.4, -0.2) is 21.3 Å². The van der Waals surface area contributed by atoms with Crippen molar-refractivity contribution in [1.29, 1.82) is 0 Å². The average molecular weight is 472 g/mol. The highest BCUT2D eigenvalue weighted by Gasteiger charge is 2.21. The van der Waals surface area contributed by atoms with E-state index in [0.29, 0.717) is 0 Å². The van der Waals surface area contributed by atoms with Crippen molar-refractivity contribution in [3.63, 3.8) is 0 Å². The minimum absolute atomic E-state index is 0.831. The van der Waals surface area contributed by atoms with E-state index in [1.807, 2.05) is 36.4 Å². The SMILES string of the molecule is COc1ccc(-c2ccc3cc(OC)ccc3[n+]2-c2ccc(OC)cc2)cc1.[O-][Cl+3]([O-])([O-])[O-]. The maximum Gasteiger partial charge on any atom is 0.219 e. The van der Waals surface area contributed by atoms with Gasteiger partial charge in [-0.05, 0) is 54.6 Å². The van der Waals surface area contributed by atoms with Crippen LogP contribution in [0, 0.1) is 10.2 Å². The molecule has 1 heterocycles. The molecule has 4 aromatic rings. The maximum atomic E-state index is 8.49. The number of hydrogen-bond acceptors (Lipinski definition) is 7. The fraction of sp³-hybridized carbons (Fsp3) is 0.125. The molecule has 0 aliphatic rings. The third kappa shape index (κ3) is 6.32. The van der Waals surface area contributed by atoms with E-state index in [2.05, 4.69) is 47.0 Å². The van der Waals surface area contributed by atoms with Crippen molar-refractivity contribution in [2.45, 2.75) is 0 Å². The molecule has 0 spiro atoms. The summed E-state index contributed by atoms with van der Waals surface area (Å²) in [6, 6.07) is 26.6. The highest BCUT2D eigenvalue weighted by Crippen LogP contribution is 2.26. The van der Waals surface area contributed by atoms with E-state index in [1.165, 1.54) is 0 Å². The lowest BCUT2D eigenvalue weighted by Crippen LogP contribution is -2.68. The van der Waals surface area contributed by atoms with Crippen LogP contribution in [0.5, 0.6) is 17.2 Å². The summed E-state index contributed by atoms with van der Waals surface area (Å²) in [5, 5.41) is 1.10. The van der Waals surface area contributed by atoms with Crippen LogP contribution in [0.15, 0.2) is 78.9 Å². The molecule has 172 valence electrons. The van der Waals surface area contributed by atoms with Crippen LogP contribution < -0.4 is 37.4 Å². The first-order valence-corrected chi connectivity index (χ1v) is 10.9. The minimum atomic E-state index is -4.94. The number of hydrogen-bond donors (Lipinski definition) is 0. The van der Waals surface area contributed by atoms with Crippen molar-refractivity contribution < 1.29 is 47.7 Å². The molecule has 1 aromatic heterocycles. The molecule has 0 aliphatic heterocycles. The van der Waals surface area contributed by atoms with E-state index < -0.39 is 10.2 Å². The highest BCUT2D eigenvalue weighted by atomic mass is 35.7. The van der Waals surface area contributed by atoms with Crippen LogP contribution in [0.25, 0.3) is 27.8 Å². The average Bonchev–Trinajstić information content (AvgIpc) is 2.82. The fourth-order valence-corrected chi connectivity index (χ4v) is 3.37. The summed E-state index contributed by atoms with van der Waals surface area (Å²) < 4.78 is 52.2. The van der Waals surface area contributed by atoms with Crippen LogP contribution >= 0.6 is 0 Å². The van der Waals surface area contributed by atoms with Gasteiger partial charge < -0.3 is 14.2 Å². The molecule has 4 rings (SSSR count). The molecule has 0 fully saturated rings. The van der Waals surface area contributed by atoms with Crippen LogP contribution in [0.1, 0.15) is 0 Å². The number of aromatic nitrogens is 1. The summed E-state index contributed by atoms with van der Waals surface area (Å²) >= 11 is 0. The lowest BCUT2D eigenvalue weighted by atomic mass is 10.1. The summed E-state index contributed by atoms with van der Waals surface area (Å²) in [7, 11) is 0.0928. The van der Waals surface area contributed by atoms with Crippen molar-refractivity contribution in [2.75, 3.05) is 21.3 Å². The fourth-order valence-electron chi connectivity index (χ4n) is 3.37. The normalized spacial score (nSPS) is 10.9. The van der Waals surface area contributed by atoms with Gasteiger partial charge >= 0.3 is 0 Å². The number of halogens is 1. The van der Waals surface area contributed by atoms with Crippen molar-refractivity contribution in [2.24, 2.45) is 0 Å². The van der Waals surface area contributed by atoms with Crippen molar-refractivity contribution in [3.05, 3.63) is 78.9 Å². The second-order valence-corrected chi connectivity index (χ2v) is 7.54. The third-order valence-corrected chi connectivity index (χ3v) is 4.85. The summed E-state index contributed by atoms with van der Waals surface area (Å²) in [5.41, 5.74) is 4.35. The van der Waals surface area contributed by atoms with E-state index >= 15 is 0 Å². The zero-order valence-electron chi connectivity index (χ0n) is 18.2. The molecule has 0 aliphatic carbocycles. The Morgan fingerprint density at radius 1 is 0.606 bits per heavy atom. The molecule has 0 saturated carbocycles. The smallest absolute Gasteiger partial charge is 0.219 e. The molecule has 0 bridgehead atoms. The Balaban J connectivity index is 0.000000555. The molecule has 8 nitrogen and oxygen atoms in total. The van der Waals surface area contributed by atoms with E-state index in [-0.39, 0.29) is 0 Å². The van der Waals surface area contributed by atoms with Gasteiger partial charge in [0.05, 0.1) is 26.7 Å². The minimum Gasteiger partial charge on any atom is -0.497 e. The van der Waals surface area contributed by atoms with Gasteiger partial charge in [0.2, 0.25) is 16.9 Å². The Kier molecular flexibility index (Phi) is 7.70. The highest BCUT2D eigenvalue weighted by molar-refractivity contribution is 5.80. The van der Waals surface area contributed by atoms with Crippen LogP contribution in [0.2, 0.25) is 0 Å². The second kappa shape index (κ2) is 10.5. The van der Waals surface area contributed by atoms with Gasteiger partial charge in [-0.2, -0.15) is 4.57 Å². The Morgan fingerprint density at radius 3 is 1.61 bits per heavy atom. The summed E-state index contributed by atoms with van der Waals surface area (Å²) in [6.07, 6.45) is 0. The molecule has 0 amide bonds. The van der Waals surface area contributed by atoms with Gasteiger partial charge in [-0.3, -0.25) is 0 Å². The molecule has 9 heteroatoms. The van der Waals surface area contributed by atoms with Crippen LogP contribution in [0.3, 0.4) is 0 Å². The number of pyridine rings is 1. The predicted octanol–water partition coefficient (Wildman–Crippen LogP) is 0.0533. The lowest BCUT2D eigenvalue weighted by molar-refractivity contribution is -2.00. The second-order valence-electron chi connectivity index (χ2n) is 6.78. The molecule has 0 unspecified atom stereocenters. The van der Waals surface area contributed by atoms with Crippen LogP contribution in [-0.2, 0) is 0 Å². The molecular formula is C24H22ClNO7. The standard InChI is InChI=1S/C24H22NO3.ClHO4/c1-26-20-9-4-17(5-10-20)23-14-6-18-16-22(28-3)13-15-24(18)25(23)19-7-11-21(27-2)12-8-19;2-1(3,4)5/h4-16H,1-3H3;(H,2,3,4,5)/q+1;/p-1. The molecule has 0 N–H and O–H groups in total. The molecule has 0 saturated heterocycles. The quantitative estimate of drug-likeness (QED) is 0.377. The van der Waals surface area contributed by atoms with Gasteiger partial charge in [-0.15, -0.1) is 10.2 Å². The van der Waals surface area contributed by atoms with Gasteiger partial charge in [0.1, 0.15) is 17.2 Å². The zero-order chi connectivity index (χ0) is 24.0. The Bertz CT molecular complexity index is 1200. The lowest BCUT2D eigenvalue weighted by Gasteiger charge is -2.17. The molecule has 0 radical (unpaired) electrons. The van der Waals surface area contributed by atoms with E-state index in [0.717, 1.165) is 45.1 Å². The summed E-state index contributed by atoms with van der Waals surface area (Å²) in [5.74, 6) is 2.51. The Hall–Kier alpha value is -3.40. The number of nitrogens with zero attached hydrogens (tertiary/aromatic N) is 1. The van der Waals surface area contributed by atoms with Gasteiger partial charge in [0.15, 0.2) is 0 Å². The molecule has 0 atom stereocenters. The van der Waals surface area contributed by atoms with Gasteiger partial charge in [0, 0.05) is 29.8 Å². The monoisotopic (exact) mass is 471 g/mol. The number of methoxy groups -OCH3 is 3. The van der Waals surface area contributed by atoms with E-state index in [4.69, 9.17) is 32.8 Å². The Morgan fingerprint density at radius 2 is 1.09 bits per heavy atom. The predicted molar refractivity (Wildman–Crippen MR) is 111 cm³/mol. The number of benzene rings is 3. The first-order valence-electron chi connectivity index (χ1n) is 9.67.